The number of benzene rings is 1. The number of aromatic nitrogens is 3. The Balaban J connectivity index is 1.73. The molecule has 3 aromatic rings. The van der Waals surface area contributed by atoms with Crippen molar-refractivity contribution in [2.75, 3.05) is 43.6 Å². The summed E-state index contributed by atoms with van der Waals surface area (Å²) in [7, 11) is 1.18. The second kappa shape index (κ2) is 9.10. The van der Waals surface area contributed by atoms with Crippen LogP contribution in [0.1, 0.15) is 10.4 Å². The van der Waals surface area contributed by atoms with E-state index in [1.54, 1.807) is 0 Å². The predicted molar refractivity (Wildman–Crippen MR) is 111 cm³/mol. The molecule has 1 saturated heterocycles. The van der Waals surface area contributed by atoms with Crippen LogP contribution in [0.2, 0.25) is 0 Å². The third-order valence-electron chi connectivity index (χ3n) is 4.83. The van der Waals surface area contributed by atoms with Gasteiger partial charge in [0.05, 0.1) is 25.9 Å². The number of nitrogens with one attached hydrogen (secondary N) is 1. The number of halogens is 2. The van der Waals surface area contributed by atoms with E-state index in [2.05, 4.69) is 20.3 Å². The average molecular weight is 443 g/mol. The maximum atomic E-state index is 14.0. The van der Waals surface area contributed by atoms with E-state index in [0.717, 1.165) is 12.1 Å². The number of pyridine rings is 1. The molecule has 1 aliphatic rings. The fourth-order valence-electron chi connectivity index (χ4n) is 3.31. The lowest BCUT2D eigenvalue weighted by Crippen LogP contribution is -2.37. The monoisotopic (exact) mass is 443 g/mol. The van der Waals surface area contributed by atoms with E-state index in [4.69, 9.17) is 9.47 Å². The van der Waals surface area contributed by atoms with Crippen molar-refractivity contribution in [2.24, 2.45) is 0 Å². The molecule has 1 fully saturated rings. The lowest BCUT2D eigenvalue weighted by atomic mass is 10.1. The number of nitrogens with zero attached hydrogens (tertiary/aromatic N) is 4. The van der Waals surface area contributed by atoms with E-state index in [1.807, 2.05) is 4.90 Å². The highest BCUT2D eigenvalue weighted by Gasteiger charge is 2.20. The third-order valence-corrected chi connectivity index (χ3v) is 4.83. The molecule has 3 heterocycles. The summed E-state index contributed by atoms with van der Waals surface area (Å²) in [5.74, 6) is -2.68. The van der Waals surface area contributed by atoms with Crippen LogP contribution in [0, 0.1) is 11.6 Å². The minimum absolute atomic E-state index is 0.0295. The van der Waals surface area contributed by atoms with E-state index >= 15 is 0 Å². The number of ether oxygens (including phenoxy) is 2. The van der Waals surface area contributed by atoms with Crippen LogP contribution in [-0.2, 0) is 4.74 Å². The summed E-state index contributed by atoms with van der Waals surface area (Å²) in [5, 5.41) is 12.1. The first-order valence-electron chi connectivity index (χ1n) is 9.64. The third kappa shape index (κ3) is 4.42. The van der Waals surface area contributed by atoms with Crippen molar-refractivity contribution in [3.05, 3.63) is 54.0 Å². The van der Waals surface area contributed by atoms with Crippen LogP contribution in [0.25, 0.3) is 11.1 Å². The Kier molecular flexibility index (Phi) is 6.08. The molecule has 0 amide bonds. The van der Waals surface area contributed by atoms with Crippen molar-refractivity contribution >= 4 is 23.4 Å². The molecule has 0 bridgehead atoms. The Labute approximate surface area is 181 Å². The fraction of sp³-hybridized carbons (Fsp3) is 0.238. The molecule has 0 radical (unpaired) electrons. The zero-order chi connectivity index (χ0) is 22.7. The van der Waals surface area contributed by atoms with Crippen molar-refractivity contribution in [2.45, 2.75) is 0 Å². The SMILES string of the molecule is COc1c(F)cc(Nc2ncc(-c3cncc(C(=O)O)c3)c(N3CCOCC3)n2)cc1F. The zero-order valence-corrected chi connectivity index (χ0v) is 17.0. The van der Waals surface area contributed by atoms with Gasteiger partial charge in [0.25, 0.3) is 0 Å². The molecule has 0 atom stereocenters. The topological polar surface area (TPSA) is 110 Å². The Bertz CT molecular complexity index is 1130. The molecular formula is C21H19F2N5O4. The highest BCUT2D eigenvalue weighted by atomic mass is 19.1. The summed E-state index contributed by atoms with van der Waals surface area (Å²) >= 11 is 0. The van der Waals surface area contributed by atoms with Crippen molar-refractivity contribution in [3.8, 4) is 16.9 Å². The van der Waals surface area contributed by atoms with Crippen molar-refractivity contribution in [1.29, 1.82) is 0 Å². The summed E-state index contributed by atoms with van der Waals surface area (Å²) in [6.07, 6.45) is 4.29. The predicted octanol–water partition coefficient (Wildman–Crippen LogP) is 3.10. The molecule has 1 aromatic carbocycles. The smallest absolute Gasteiger partial charge is 0.337 e. The van der Waals surface area contributed by atoms with Gasteiger partial charge in [-0.1, -0.05) is 0 Å². The second-order valence-corrected chi connectivity index (χ2v) is 6.90. The van der Waals surface area contributed by atoms with Gasteiger partial charge in [0, 0.05) is 60.6 Å². The lowest BCUT2D eigenvalue weighted by molar-refractivity contribution is 0.0696. The molecule has 0 aliphatic carbocycles. The van der Waals surface area contributed by atoms with Gasteiger partial charge in [-0.05, 0) is 6.07 Å². The standard InChI is InChI=1S/C21H19F2N5O4/c1-31-18-16(22)7-14(8-17(18)23)26-21-25-11-15(12-6-13(20(29)30)10-24-9-12)19(27-21)28-2-4-32-5-3-28/h6-11H,2-5H2,1H3,(H,29,30)(H,25,26,27). The summed E-state index contributed by atoms with van der Waals surface area (Å²) in [5.41, 5.74) is 1.23. The number of hydrogen-bond donors (Lipinski definition) is 2. The number of carbonyl (C=O) groups is 1. The van der Waals surface area contributed by atoms with Crippen LogP contribution < -0.4 is 15.0 Å². The van der Waals surface area contributed by atoms with Gasteiger partial charge in [-0.2, -0.15) is 4.98 Å². The number of rotatable bonds is 6. The second-order valence-electron chi connectivity index (χ2n) is 6.90. The van der Waals surface area contributed by atoms with Crippen molar-refractivity contribution < 1.29 is 28.2 Å². The summed E-state index contributed by atoms with van der Waals surface area (Å²) in [6.45, 7) is 2.10. The molecule has 2 aromatic heterocycles. The number of aromatic carboxylic acids is 1. The number of hydrogen-bond acceptors (Lipinski definition) is 8. The summed E-state index contributed by atoms with van der Waals surface area (Å²) < 4.78 is 38.2. The summed E-state index contributed by atoms with van der Waals surface area (Å²) in [6, 6.07) is 3.64. The molecule has 166 valence electrons. The minimum Gasteiger partial charge on any atom is -0.491 e. The van der Waals surface area contributed by atoms with Gasteiger partial charge in [-0.25, -0.2) is 18.6 Å². The van der Waals surface area contributed by atoms with Crippen LogP contribution in [0.5, 0.6) is 5.75 Å². The first-order valence-corrected chi connectivity index (χ1v) is 9.64. The molecule has 0 saturated carbocycles. The first-order chi connectivity index (χ1) is 15.5. The normalized spacial score (nSPS) is 13.7. The molecule has 0 spiro atoms. The highest BCUT2D eigenvalue weighted by Crippen LogP contribution is 2.32. The van der Waals surface area contributed by atoms with E-state index in [9.17, 15) is 18.7 Å². The molecule has 2 N–H and O–H groups in total. The van der Waals surface area contributed by atoms with Gasteiger partial charge in [0.1, 0.15) is 5.82 Å². The Morgan fingerprint density at radius 3 is 2.53 bits per heavy atom. The van der Waals surface area contributed by atoms with Crippen molar-refractivity contribution in [3.63, 3.8) is 0 Å². The largest absolute Gasteiger partial charge is 0.491 e. The Hall–Kier alpha value is -3.86. The van der Waals surface area contributed by atoms with Crippen molar-refractivity contribution in [1.82, 2.24) is 15.0 Å². The molecule has 0 unspecified atom stereocenters. The molecular weight excluding hydrogens is 424 g/mol. The van der Waals surface area contributed by atoms with Gasteiger partial charge in [-0.3, -0.25) is 4.98 Å². The maximum Gasteiger partial charge on any atom is 0.337 e. The van der Waals surface area contributed by atoms with Gasteiger partial charge in [0.2, 0.25) is 5.95 Å². The summed E-state index contributed by atoms with van der Waals surface area (Å²) in [4.78, 5) is 26.1. The minimum atomic E-state index is -1.10. The number of carboxylic acid groups (broad SMARTS) is 1. The molecule has 1 aliphatic heterocycles. The number of anilines is 3. The van der Waals surface area contributed by atoms with Gasteiger partial charge < -0.3 is 24.8 Å². The highest BCUT2D eigenvalue weighted by molar-refractivity contribution is 5.89. The van der Waals surface area contributed by atoms with Gasteiger partial charge in [-0.15, -0.1) is 0 Å². The molecule has 9 nitrogen and oxygen atoms in total. The van der Waals surface area contributed by atoms with Crippen LogP contribution in [0.4, 0.5) is 26.2 Å². The van der Waals surface area contributed by atoms with Gasteiger partial charge in [0.15, 0.2) is 17.4 Å². The van der Waals surface area contributed by atoms with Crippen LogP contribution in [0.15, 0.2) is 36.8 Å². The zero-order valence-electron chi connectivity index (χ0n) is 17.0. The average Bonchev–Trinajstić information content (AvgIpc) is 2.79. The molecule has 32 heavy (non-hydrogen) atoms. The van der Waals surface area contributed by atoms with E-state index < -0.39 is 23.4 Å². The Morgan fingerprint density at radius 2 is 1.88 bits per heavy atom. The number of carboxylic acids is 1. The fourth-order valence-corrected chi connectivity index (χ4v) is 3.31. The molecule has 4 rings (SSSR count). The van der Waals surface area contributed by atoms with Crippen LogP contribution in [-0.4, -0.2) is 59.4 Å². The first kappa shape index (κ1) is 21.4. The Morgan fingerprint density at radius 1 is 1.16 bits per heavy atom. The van der Waals surface area contributed by atoms with Crippen LogP contribution in [0.3, 0.4) is 0 Å². The van der Waals surface area contributed by atoms with Gasteiger partial charge >= 0.3 is 5.97 Å². The quantitative estimate of drug-likeness (QED) is 0.594. The van der Waals surface area contributed by atoms with E-state index in [1.165, 1.54) is 31.8 Å². The number of methoxy groups -OCH3 is 1. The number of morpholine rings is 1. The molecule has 11 heteroatoms. The van der Waals surface area contributed by atoms with E-state index in [0.29, 0.717) is 43.2 Å². The maximum absolute atomic E-state index is 14.0. The van der Waals surface area contributed by atoms with Crippen LogP contribution >= 0.6 is 0 Å². The lowest BCUT2D eigenvalue weighted by Gasteiger charge is -2.29. The van der Waals surface area contributed by atoms with E-state index in [-0.39, 0.29) is 17.2 Å².